The van der Waals surface area contributed by atoms with Crippen molar-refractivity contribution in [2.75, 3.05) is 18.8 Å². The topological polar surface area (TPSA) is 63.4 Å². The first-order valence-corrected chi connectivity index (χ1v) is 7.81. The number of hydrogen-bond acceptors (Lipinski definition) is 3. The van der Waals surface area contributed by atoms with Crippen molar-refractivity contribution in [2.45, 2.75) is 51.5 Å². The number of nitrogens with two attached hydrogens (primary N) is 1. The van der Waals surface area contributed by atoms with Gasteiger partial charge in [0.1, 0.15) is 0 Å². The molecule has 1 aliphatic heterocycles. The lowest BCUT2D eigenvalue weighted by molar-refractivity contribution is 0.222. The first-order chi connectivity index (χ1) is 7.43. The van der Waals surface area contributed by atoms with Gasteiger partial charge >= 0.3 is 0 Å². The van der Waals surface area contributed by atoms with Crippen molar-refractivity contribution < 1.29 is 8.42 Å². The molecule has 1 atom stereocenters. The fourth-order valence-electron chi connectivity index (χ4n) is 2.10. The molecule has 0 saturated carbocycles. The smallest absolute Gasteiger partial charge is 0.214 e. The molecule has 0 aromatic rings. The van der Waals surface area contributed by atoms with Gasteiger partial charge in [-0.3, -0.25) is 0 Å². The summed E-state index contributed by atoms with van der Waals surface area (Å²) in [6.07, 6.45) is 4.31. The summed E-state index contributed by atoms with van der Waals surface area (Å²) in [6, 6.07) is 0. The Hall–Kier alpha value is -0.130. The predicted molar refractivity (Wildman–Crippen MR) is 66.7 cm³/mol. The molecule has 0 radical (unpaired) electrons. The molecule has 1 saturated heterocycles. The molecule has 1 aliphatic rings. The van der Waals surface area contributed by atoms with Crippen LogP contribution in [-0.2, 0) is 10.0 Å². The van der Waals surface area contributed by atoms with Crippen LogP contribution in [0.15, 0.2) is 0 Å². The zero-order valence-corrected chi connectivity index (χ0v) is 11.2. The van der Waals surface area contributed by atoms with Crippen LogP contribution in [0.2, 0.25) is 0 Å². The molecule has 0 bridgehead atoms. The van der Waals surface area contributed by atoms with E-state index in [1.54, 1.807) is 4.31 Å². The summed E-state index contributed by atoms with van der Waals surface area (Å²) in [5, 5.41) is 0. The summed E-state index contributed by atoms with van der Waals surface area (Å²) in [5.74, 6) is 0.267. The number of rotatable bonds is 5. The maximum atomic E-state index is 12.0. The van der Waals surface area contributed by atoms with E-state index in [4.69, 9.17) is 5.73 Å². The Bertz CT molecular complexity index is 316. The molecule has 96 valence electrons. The van der Waals surface area contributed by atoms with Crippen LogP contribution in [0.4, 0.5) is 0 Å². The third-order valence-corrected chi connectivity index (χ3v) is 5.33. The van der Waals surface area contributed by atoms with Crippen LogP contribution in [0.25, 0.3) is 0 Å². The minimum Gasteiger partial charge on any atom is -0.324 e. The quantitative estimate of drug-likeness (QED) is 0.798. The summed E-state index contributed by atoms with van der Waals surface area (Å²) < 4.78 is 25.6. The number of unbranched alkanes of at least 4 members (excludes halogenated alkanes) is 1. The second-order valence-corrected chi connectivity index (χ2v) is 6.91. The van der Waals surface area contributed by atoms with Crippen molar-refractivity contribution in [1.29, 1.82) is 0 Å². The summed E-state index contributed by atoms with van der Waals surface area (Å²) in [4.78, 5) is 0. The molecule has 1 unspecified atom stereocenters. The van der Waals surface area contributed by atoms with Gasteiger partial charge in [-0.2, -0.15) is 0 Å². The van der Waals surface area contributed by atoms with Gasteiger partial charge in [0.25, 0.3) is 0 Å². The molecule has 16 heavy (non-hydrogen) atoms. The molecule has 4 nitrogen and oxygen atoms in total. The van der Waals surface area contributed by atoms with E-state index in [0.29, 0.717) is 13.1 Å². The Morgan fingerprint density at radius 2 is 2.06 bits per heavy atom. The molecule has 0 aromatic heterocycles. The van der Waals surface area contributed by atoms with Gasteiger partial charge in [0, 0.05) is 18.6 Å². The maximum absolute atomic E-state index is 12.0. The lowest BCUT2D eigenvalue weighted by atomic mass is 9.89. The molecule has 2 N–H and O–H groups in total. The summed E-state index contributed by atoms with van der Waals surface area (Å²) in [5.41, 5.74) is 5.86. The van der Waals surface area contributed by atoms with E-state index < -0.39 is 10.0 Å². The number of nitrogens with zero attached hydrogens (tertiary/aromatic N) is 1. The molecular formula is C11H24N2O2S. The van der Waals surface area contributed by atoms with E-state index in [2.05, 4.69) is 0 Å². The highest BCUT2D eigenvalue weighted by Gasteiger charge is 2.34. The second-order valence-electron chi connectivity index (χ2n) is 4.82. The molecule has 1 rings (SSSR count). The summed E-state index contributed by atoms with van der Waals surface area (Å²) in [6.45, 7) is 5.17. The maximum Gasteiger partial charge on any atom is 0.214 e. The van der Waals surface area contributed by atoms with Gasteiger partial charge in [0.15, 0.2) is 0 Å². The number of piperidine rings is 1. The monoisotopic (exact) mass is 248 g/mol. The fourth-order valence-corrected chi connectivity index (χ4v) is 3.87. The SMILES string of the molecule is CCCCS(=O)(=O)N1CCCC(N)(CC)C1. The van der Waals surface area contributed by atoms with E-state index in [9.17, 15) is 8.42 Å². The normalized spacial score (nSPS) is 28.2. The Kier molecular flexibility index (Phi) is 4.76. The number of sulfonamides is 1. The molecule has 1 fully saturated rings. The van der Waals surface area contributed by atoms with Crippen molar-refractivity contribution in [3.8, 4) is 0 Å². The van der Waals surface area contributed by atoms with Crippen LogP contribution < -0.4 is 5.73 Å². The Morgan fingerprint density at radius 1 is 1.38 bits per heavy atom. The third-order valence-electron chi connectivity index (χ3n) is 3.43. The lowest BCUT2D eigenvalue weighted by Crippen LogP contribution is -2.55. The zero-order valence-electron chi connectivity index (χ0n) is 10.4. The van der Waals surface area contributed by atoms with Crippen molar-refractivity contribution in [3.63, 3.8) is 0 Å². The molecule has 0 aromatic carbocycles. The third kappa shape index (κ3) is 3.43. The van der Waals surface area contributed by atoms with Gasteiger partial charge in [-0.15, -0.1) is 0 Å². The summed E-state index contributed by atoms with van der Waals surface area (Å²) >= 11 is 0. The van der Waals surface area contributed by atoms with Gasteiger partial charge in [0.05, 0.1) is 5.75 Å². The molecule has 5 heteroatoms. The van der Waals surface area contributed by atoms with Crippen molar-refractivity contribution in [3.05, 3.63) is 0 Å². The lowest BCUT2D eigenvalue weighted by Gasteiger charge is -2.39. The highest BCUT2D eigenvalue weighted by Crippen LogP contribution is 2.24. The van der Waals surface area contributed by atoms with Crippen molar-refractivity contribution in [1.82, 2.24) is 4.31 Å². The van der Waals surface area contributed by atoms with Gasteiger partial charge < -0.3 is 5.73 Å². The average Bonchev–Trinajstić information content (AvgIpc) is 2.27. The van der Waals surface area contributed by atoms with Crippen molar-refractivity contribution >= 4 is 10.0 Å². The first-order valence-electron chi connectivity index (χ1n) is 6.20. The second kappa shape index (κ2) is 5.47. The minimum absolute atomic E-state index is 0.267. The Balaban J connectivity index is 2.66. The van der Waals surface area contributed by atoms with E-state index in [-0.39, 0.29) is 11.3 Å². The van der Waals surface area contributed by atoms with E-state index in [0.717, 1.165) is 32.1 Å². The van der Waals surface area contributed by atoms with Gasteiger partial charge in [-0.05, 0) is 25.7 Å². The largest absolute Gasteiger partial charge is 0.324 e. The minimum atomic E-state index is -3.07. The predicted octanol–water partition coefficient (Wildman–Crippen LogP) is 1.32. The average molecular weight is 248 g/mol. The highest BCUT2D eigenvalue weighted by molar-refractivity contribution is 7.89. The van der Waals surface area contributed by atoms with Gasteiger partial charge in [-0.25, -0.2) is 12.7 Å². The molecule has 0 spiro atoms. The van der Waals surface area contributed by atoms with Crippen LogP contribution >= 0.6 is 0 Å². The van der Waals surface area contributed by atoms with E-state index in [1.165, 1.54) is 0 Å². The highest BCUT2D eigenvalue weighted by atomic mass is 32.2. The van der Waals surface area contributed by atoms with Crippen LogP contribution in [0.3, 0.4) is 0 Å². The summed E-state index contributed by atoms with van der Waals surface area (Å²) in [7, 11) is -3.07. The zero-order chi connectivity index (χ0) is 12.2. The first kappa shape index (κ1) is 13.9. The van der Waals surface area contributed by atoms with Gasteiger partial charge in [0.2, 0.25) is 10.0 Å². The Morgan fingerprint density at radius 3 is 2.62 bits per heavy atom. The van der Waals surface area contributed by atoms with E-state index >= 15 is 0 Å². The van der Waals surface area contributed by atoms with E-state index in [1.807, 2.05) is 13.8 Å². The van der Waals surface area contributed by atoms with Crippen molar-refractivity contribution in [2.24, 2.45) is 5.73 Å². The molecule has 0 amide bonds. The molecule has 0 aliphatic carbocycles. The van der Waals surface area contributed by atoms with Crippen LogP contribution in [-0.4, -0.2) is 37.1 Å². The number of hydrogen-bond donors (Lipinski definition) is 1. The van der Waals surface area contributed by atoms with Crippen LogP contribution in [0.5, 0.6) is 0 Å². The standard InChI is InChI=1S/C11H24N2O2S/c1-3-5-9-16(14,15)13-8-6-7-11(12,4-2)10-13/h3-10,12H2,1-2H3. The Labute approximate surface area is 99.2 Å². The molecule has 1 heterocycles. The van der Waals surface area contributed by atoms with Crippen LogP contribution in [0.1, 0.15) is 46.0 Å². The molecular weight excluding hydrogens is 224 g/mol. The fraction of sp³-hybridized carbons (Fsp3) is 1.00. The van der Waals surface area contributed by atoms with Gasteiger partial charge in [-0.1, -0.05) is 20.3 Å². The van der Waals surface area contributed by atoms with Crippen LogP contribution in [0, 0.1) is 0 Å².